The molecule has 0 aliphatic heterocycles. The molecular formula is C18H38OSi. The second-order valence-electron chi connectivity index (χ2n) is 7.45. The van der Waals surface area contributed by atoms with E-state index in [1.54, 1.807) is 0 Å². The number of rotatable bonds is 11. The Bertz CT molecular complexity index is 251. The first kappa shape index (κ1) is 19.9. The highest BCUT2D eigenvalue weighted by Gasteiger charge is 2.36. The van der Waals surface area contributed by atoms with Crippen LogP contribution in [0.2, 0.25) is 18.1 Å². The minimum atomic E-state index is -1.55. The highest BCUT2D eigenvalue weighted by atomic mass is 28.4. The van der Waals surface area contributed by atoms with Gasteiger partial charge in [0.15, 0.2) is 8.32 Å². The lowest BCUT2D eigenvalue weighted by molar-refractivity contribution is 0.327. The summed E-state index contributed by atoms with van der Waals surface area (Å²) in [5.41, 5.74) is 0. The average molecular weight is 299 g/mol. The van der Waals surface area contributed by atoms with Crippen LogP contribution >= 0.6 is 0 Å². The van der Waals surface area contributed by atoms with E-state index in [1.807, 2.05) is 0 Å². The van der Waals surface area contributed by atoms with Crippen molar-refractivity contribution in [2.24, 2.45) is 0 Å². The Kier molecular flexibility index (Phi) is 10.6. The molecule has 0 radical (unpaired) electrons. The van der Waals surface area contributed by atoms with Crippen LogP contribution in [0.1, 0.15) is 79.1 Å². The van der Waals surface area contributed by atoms with Gasteiger partial charge in [0.1, 0.15) is 0 Å². The summed E-state index contributed by atoms with van der Waals surface area (Å²) < 4.78 is 6.12. The van der Waals surface area contributed by atoms with E-state index in [2.05, 4.69) is 52.9 Å². The Morgan fingerprint density at radius 1 is 0.850 bits per heavy atom. The first-order chi connectivity index (χ1) is 9.31. The smallest absolute Gasteiger partial charge is 0.192 e. The Hall–Kier alpha value is -0.0831. The molecule has 0 fully saturated rings. The quantitative estimate of drug-likeness (QED) is 0.234. The van der Waals surface area contributed by atoms with Gasteiger partial charge >= 0.3 is 0 Å². The van der Waals surface area contributed by atoms with Gasteiger partial charge in [-0.25, -0.2) is 0 Å². The molecule has 1 nitrogen and oxygen atoms in total. The molecule has 0 spiro atoms. The standard InChI is InChI=1S/C18H38OSi/c1-7-8-9-10-11-12-13-14-15-16-17-19-20(5,6)18(2,3)4/h15-16H,7-14,17H2,1-6H3/b16-15+. The fourth-order valence-corrected chi connectivity index (χ4v) is 2.82. The molecule has 0 aromatic rings. The lowest BCUT2D eigenvalue weighted by Gasteiger charge is -2.35. The maximum atomic E-state index is 6.12. The molecule has 0 aliphatic rings. The maximum absolute atomic E-state index is 6.12. The van der Waals surface area contributed by atoms with Crippen molar-refractivity contribution < 1.29 is 4.43 Å². The van der Waals surface area contributed by atoms with Crippen LogP contribution in [0, 0.1) is 0 Å². The van der Waals surface area contributed by atoms with Gasteiger partial charge in [-0.15, -0.1) is 0 Å². The van der Waals surface area contributed by atoms with Crippen molar-refractivity contribution in [1.29, 1.82) is 0 Å². The van der Waals surface area contributed by atoms with Gasteiger partial charge in [-0.05, 0) is 31.0 Å². The zero-order valence-corrected chi connectivity index (χ0v) is 15.9. The molecule has 0 unspecified atom stereocenters. The van der Waals surface area contributed by atoms with Gasteiger partial charge in [0.25, 0.3) is 0 Å². The van der Waals surface area contributed by atoms with E-state index >= 15 is 0 Å². The zero-order chi connectivity index (χ0) is 15.5. The largest absolute Gasteiger partial charge is 0.413 e. The Morgan fingerprint density at radius 3 is 1.95 bits per heavy atom. The van der Waals surface area contributed by atoms with E-state index in [9.17, 15) is 0 Å². The molecule has 0 N–H and O–H groups in total. The van der Waals surface area contributed by atoms with E-state index in [-0.39, 0.29) is 0 Å². The summed E-state index contributed by atoms with van der Waals surface area (Å²) in [6.45, 7) is 14.6. The van der Waals surface area contributed by atoms with Crippen molar-refractivity contribution in [3.8, 4) is 0 Å². The number of hydrogen-bond acceptors (Lipinski definition) is 1. The lowest BCUT2D eigenvalue weighted by Crippen LogP contribution is -2.40. The molecule has 120 valence electrons. The normalized spacial score (nSPS) is 13.3. The molecule has 0 rings (SSSR count). The van der Waals surface area contributed by atoms with Gasteiger partial charge in [-0.3, -0.25) is 0 Å². The summed E-state index contributed by atoms with van der Waals surface area (Å²) in [7, 11) is -1.55. The molecule has 0 atom stereocenters. The third-order valence-corrected chi connectivity index (χ3v) is 8.99. The molecule has 0 saturated heterocycles. The van der Waals surface area contributed by atoms with Crippen LogP contribution in [0.4, 0.5) is 0 Å². The van der Waals surface area contributed by atoms with Crippen molar-refractivity contribution in [2.75, 3.05) is 6.61 Å². The second kappa shape index (κ2) is 10.6. The second-order valence-corrected chi connectivity index (χ2v) is 12.3. The molecule has 0 heterocycles. The van der Waals surface area contributed by atoms with Crippen LogP contribution in [0.3, 0.4) is 0 Å². The highest BCUT2D eigenvalue weighted by molar-refractivity contribution is 6.74. The monoisotopic (exact) mass is 298 g/mol. The van der Waals surface area contributed by atoms with Gasteiger partial charge in [0.2, 0.25) is 0 Å². The Labute approximate surface area is 129 Å². The summed E-state index contributed by atoms with van der Waals surface area (Å²) in [5.74, 6) is 0. The van der Waals surface area contributed by atoms with Gasteiger partial charge < -0.3 is 4.43 Å². The summed E-state index contributed by atoms with van der Waals surface area (Å²) in [4.78, 5) is 0. The molecule has 0 aliphatic carbocycles. The van der Waals surface area contributed by atoms with Crippen molar-refractivity contribution in [3.63, 3.8) is 0 Å². The minimum absolute atomic E-state index is 0.319. The average Bonchev–Trinajstić information content (AvgIpc) is 2.34. The van der Waals surface area contributed by atoms with E-state index in [0.717, 1.165) is 6.61 Å². The highest BCUT2D eigenvalue weighted by Crippen LogP contribution is 2.36. The van der Waals surface area contributed by atoms with Gasteiger partial charge in [0.05, 0.1) is 6.61 Å². The van der Waals surface area contributed by atoms with E-state index < -0.39 is 8.32 Å². The summed E-state index contributed by atoms with van der Waals surface area (Å²) in [6, 6.07) is 0. The van der Waals surface area contributed by atoms with Gasteiger partial charge in [-0.2, -0.15) is 0 Å². The topological polar surface area (TPSA) is 9.23 Å². The van der Waals surface area contributed by atoms with Crippen molar-refractivity contribution in [3.05, 3.63) is 12.2 Å². The number of unbranched alkanes of at least 4 members (excludes halogenated alkanes) is 7. The van der Waals surface area contributed by atoms with Crippen molar-refractivity contribution in [1.82, 2.24) is 0 Å². The third-order valence-electron chi connectivity index (χ3n) is 4.49. The lowest BCUT2D eigenvalue weighted by atomic mass is 10.1. The van der Waals surface area contributed by atoms with Crippen LogP contribution in [0.15, 0.2) is 12.2 Å². The van der Waals surface area contributed by atoms with Crippen molar-refractivity contribution >= 4 is 8.32 Å². The van der Waals surface area contributed by atoms with Crippen LogP contribution in [-0.4, -0.2) is 14.9 Å². The first-order valence-electron chi connectivity index (χ1n) is 8.60. The molecule has 20 heavy (non-hydrogen) atoms. The van der Waals surface area contributed by atoms with Gasteiger partial charge in [-0.1, -0.05) is 78.4 Å². The Morgan fingerprint density at radius 2 is 1.40 bits per heavy atom. The van der Waals surface area contributed by atoms with E-state index in [1.165, 1.54) is 51.4 Å². The van der Waals surface area contributed by atoms with Crippen molar-refractivity contribution in [2.45, 2.75) is 97.2 Å². The molecule has 0 bridgehead atoms. The first-order valence-corrected chi connectivity index (χ1v) is 11.5. The number of allylic oxidation sites excluding steroid dienone is 1. The SMILES string of the molecule is CCCCCCCCC/C=C/CO[Si](C)(C)C(C)(C)C. The molecule has 0 amide bonds. The van der Waals surface area contributed by atoms with Gasteiger partial charge in [0, 0.05) is 0 Å². The molecular weight excluding hydrogens is 260 g/mol. The summed E-state index contributed by atoms with van der Waals surface area (Å²) in [5, 5.41) is 0.319. The Balaban J connectivity index is 3.50. The molecule has 0 aromatic carbocycles. The fourth-order valence-electron chi connectivity index (χ4n) is 1.88. The summed E-state index contributed by atoms with van der Waals surface area (Å²) >= 11 is 0. The van der Waals surface area contributed by atoms with Crippen LogP contribution in [0.5, 0.6) is 0 Å². The summed E-state index contributed by atoms with van der Waals surface area (Å²) in [6.07, 6.45) is 15.5. The van der Waals surface area contributed by atoms with E-state index in [0.29, 0.717) is 5.04 Å². The molecule has 2 heteroatoms. The number of hydrogen-bond donors (Lipinski definition) is 0. The maximum Gasteiger partial charge on any atom is 0.192 e. The fraction of sp³-hybridized carbons (Fsp3) is 0.889. The molecule has 0 saturated carbocycles. The van der Waals surface area contributed by atoms with Crippen LogP contribution in [-0.2, 0) is 4.43 Å². The van der Waals surface area contributed by atoms with E-state index in [4.69, 9.17) is 4.43 Å². The van der Waals surface area contributed by atoms with Crippen LogP contribution < -0.4 is 0 Å². The minimum Gasteiger partial charge on any atom is -0.413 e. The predicted octanol–water partition coefficient (Wildman–Crippen LogP) is 6.71. The zero-order valence-electron chi connectivity index (χ0n) is 14.9. The third kappa shape index (κ3) is 9.76. The van der Waals surface area contributed by atoms with Crippen LogP contribution in [0.25, 0.3) is 0 Å². The molecule has 0 aromatic heterocycles. The predicted molar refractivity (Wildman–Crippen MR) is 94.9 cm³/mol.